The molecule has 184 valence electrons. The van der Waals surface area contributed by atoms with E-state index in [1.807, 2.05) is 89.5 Å². The number of carbonyl (C=O) groups excluding carboxylic acids is 1. The maximum Gasteiger partial charge on any atom is 0.250 e. The van der Waals surface area contributed by atoms with Crippen molar-refractivity contribution < 1.29 is 4.79 Å². The van der Waals surface area contributed by atoms with E-state index in [-0.39, 0.29) is 11.7 Å². The third kappa shape index (κ3) is 6.36. The van der Waals surface area contributed by atoms with Crippen molar-refractivity contribution in [2.45, 2.75) is 11.7 Å². The van der Waals surface area contributed by atoms with Crippen molar-refractivity contribution in [3.8, 4) is 5.69 Å². The number of nitrogens with zero attached hydrogens (tertiary/aromatic N) is 4. The monoisotopic (exact) mass is 618 g/mol. The number of halogens is 1. The third-order valence-corrected chi connectivity index (χ3v) is 7.21. The summed E-state index contributed by atoms with van der Waals surface area (Å²) in [5.74, 6) is 0.687. The Morgan fingerprint density at radius 3 is 2.51 bits per heavy atom. The molecule has 0 unspecified atom stereocenters. The lowest BCUT2D eigenvalue weighted by Gasteiger charge is -2.11. The molecule has 4 aromatic carbocycles. The number of carbonyl (C=O) groups is 1. The maximum atomic E-state index is 12.5. The van der Waals surface area contributed by atoms with E-state index in [0.717, 1.165) is 33.5 Å². The van der Waals surface area contributed by atoms with Gasteiger partial charge in [-0.25, -0.2) is 5.43 Å². The molecule has 0 aliphatic rings. The van der Waals surface area contributed by atoms with Crippen LogP contribution >= 0.6 is 34.4 Å². The van der Waals surface area contributed by atoms with Crippen LogP contribution in [-0.4, -0.2) is 32.6 Å². The van der Waals surface area contributed by atoms with Gasteiger partial charge in [-0.1, -0.05) is 72.4 Å². The van der Waals surface area contributed by atoms with Gasteiger partial charge in [0, 0.05) is 20.5 Å². The first-order chi connectivity index (χ1) is 18.2. The van der Waals surface area contributed by atoms with Crippen LogP contribution in [0.3, 0.4) is 0 Å². The highest BCUT2D eigenvalue weighted by molar-refractivity contribution is 14.1. The normalized spacial score (nSPS) is 11.2. The molecule has 9 heteroatoms. The fraction of sp³-hybridized carbons (Fsp3) is 0.0714. The van der Waals surface area contributed by atoms with E-state index in [1.165, 1.54) is 15.3 Å². The molecule has 0 aliphatic carbocycles. The Kier molecular flexibility index (Phi) is 8.11. The zero-order valence-corrected chi connectivity index (χ0v) is 22.7. The van der Waals surface area contributed by atoms with Gasteiger partial charge in [0.15, 0.2) is 11.0 Å². The topological polar surface area (TPSA) is 84.2 Å². The highest BCUT2D eigenvalue weighted by Crippen LogP contribution is 2.23. The van der Waals surface area contributed by atoms with Crippen molar-refractivity contribution >= 4 is 62.9 Å². The molecule has 0 spiro atoms. The van der Waals surface area contributed by atoms with Crippen molar-refractivity contribution in [2.75, 3.05) is 11.1 Å². The van der Waals surface area contributed by atoms with E-state index in [0.29, 0.717) is 11.7 Å². The number of amides is 1. The Hall–Kier alpha value is -3.70. The van der Waals surface area contributed by atoms with Gasteiger partial charge in [0.2, 0.25) is 0 Å². The van der Waals surface area contributed by atoms with Gasteiger partial charge >= 0.3 is 0 Å². The minimum Gasteiger partial charge on any atom is -0.378 e. The number of hydrogen-bond acceptors (Lipinski definition) is 6. The molecule has 1 aromatic heterocycles. The molecule has 0 radical (unpaired) electrons. The van der Waals surface area contributed by atoms with Crippen molar-refractivity contribution in [1.82, 2.24) is 20.2 Å². The molecule has 5 rings (SSSR count). The minimum absolute atomic E-state index is 0.155. The van der Waals surface area contributed by atoms with E-state index in [4.69, 9.17) is 0 Å². The molecule has 0 saturated heterocycles. The van der Waals surface area contributed by atoms with E-state index < -0.39 is 0 Å². The summed E-state index contributed by atoms with van der Waals surface area (Å²) in [5, 5.41) is 19.2. The van der Waals surface area contributed by atoms with Crippen molar-refractivity contribution in [1.29, 1.82) is 0 Å². The molecule has 0 saturated carbocycles. The van der Waals surface area contributed by atoms with Gasteiger partial charge in [-0.05, 0) is 69.8 Å². The van der Waals surface area contributed by atoms with Crippen molar-refractivity contribution in [2.24, 2.45) is 5.10 Å². The van der Waals surface area contributed by atoms with Gasteiger partial charge in [-0.2, -0.15) is 5.10 Å². The quantitative estimate of drug-likeness (QED) is 0.0934. The van der Waals surface area contributed by atoms with Gasteiger partial charge in [-0.15, -0.1) is 10.2 Å². The van der Waals surface area contributed by atoms with Crippen LogP contribution in [0.1, 0.15) is 11.4 Å². The predicted octanol–water partition coefficient (Wildman–Crippen LogP) is 5.88. The Morgan fingerprint density at radius 2 is 1.68 bits per heavy atom. The fourth-order valence-corrected chi connectivity index (χ4v) is 4.92. The number of fused-ring (bicyclic) bond motifs is 1. The Morgan fingerprint density at radius 1 is 0.919 bits per heavy atom. The summed E-state index contributed by atoms with van der Waals surface area (Å²) in [7, 11) is 0. The smallest absolute Gasteiger partial charge is 0.250 e. The summed E-state index contributed by atoms with van der Waals surface area (Å²) in [6.45, 7) is 0.491. The molecule has 5 aromatic rings. The van der Waals surface area contributed by atoms with E-state index >= 15 is 0 Å². The number of hydrogen-bond donors (Lipinski definition) is 2. The SMILES string of the molecule is O=C(CSc1nnc(CNc2ccc(I)cc2)n1-c1ccccc1)NN=Cc1cccc2ccccc12. The summed E-state index contributed by atoms with van der Waals surface area (Å²) >= 11 is 3.60. The van der Waals surface area contributed by atoms with Crippen molar-refractivity contribution in [3.05, 3.63) is 112 Å². The number of thioether (sulfide) groups is 1. The number of nitrogens with one attached hydrogen (secondary N) is 2. The van der Waals surface area contributed by atoms with Gasteiger partial charge in [0.1, 0.15) is 0 Å². The molecule has 1 heterocycles. The Balaban J connectivity index is 1.25. The van der Waals surface area contributed by atoms with Crippen LogP contribution in [-0.2, 0) is 11.3 Å². The summed E-state index contributed by atoms with van der Waals surface area (Å²) in [6, 6.07) is 32.1. The zero-order chi connectivity index (χ0) is 25.5. The second-order valence-electron chi connectivity index (χ2n) is 8.08. The first-order valence-electron chi connectivity index (χ1n) is 11.6. The van der Waals surface area contributed by atoms with E-state index in [1.54, 1.807) is 6.21 Å². The number of benzene rings is 4. The fourth-order valence-electron chi connectivity index (χ4n) is 3.79. The number of para-hydroxylation sites is 1. The van der Waals surface area contributed by atoms with Gasteiger partial charge in [-0.3, -0.25) is 9.36 Å². The van der Waals surface area contributed by atoms with Crippen LogP contribution in [0.4, 0.5) is 5.69 Å². The van der Waals surface area contributed by atoms with Crippen LogP contribution in [0.15, 0.2) is 107 Å². The minimum atomic E-state index is -0.220. The number of rotatable bonds is 9. The van der Waals surface area contributed by atoms with Crippen LogP contribution in [0, 0.1) is 3.57 Å². The molecule has 0 aliphatic heterocycles. The van der Waals surface area contributed by atoms with Gasteiger partial charge < -0.3 is 5.32 Å². The third-order valence-electron chi connectivity index (χ3n) is 5.56. The number of aromatic nitrogens is 3. The average molecular weight is 619 g/mol. The van der Waals surface area contributed by atoms with Crippen LogP contribution in [0.5, 0.6) is 0 Å². The summed E-state index contributed by atoms with van der Waals surface area (Å²) in [5.41, 5.74) is 5.50. The highest BCUT2D eigenvalue weighted by atomic mass is 127. The molecule has 0 fully saturated rings. The second-order valence-corrected chi connectivity index (χ2v) is 10.3. The molecular formula is C28H23IN6OS. The van der Waals surface area contributed by atoms with E-state index in [2.05, 4.69) is 60.8 Å². The lowest BCUT2D eigenvalue weighted by Crippen LogP contribution is -2.20. The largest absolute Gasteiger partial charge is 0.378 e. The lowest BCUT2D eigenvalue weighted by molar-refractivity contribution is -0.118. The molecule has 2 N–H and O–H groups in total. The van der Waals surface area contributed by atoms with Gasteiger partial charge in [0.05, 0.1) is 18.5 Å². The molecule has 1 amide bonds. The molecule has 0 bridgehead atoms. The first kappa shape index (κ1) is 25.0. The summed E-state index contributed by atoms with van der Waals surface area (Å²) in [6.07, 6.45) is 1.67. The van der Waals surface area contributed by atoms with Crippen LogP contribution in [0.25, 0.3) is 16.5 Å². The number of anilines is 1. The van der Waals surface area contributed by atoms with Crippen LogP contribution < -0.4 is 10.7 Å². The van der Waals surface area contributed by atoms with E-state index in [9.17, 15) is 4.79 Å². The molecule has 0 atom stereocenters. The zero-order valence-electron chi connectivity index (χ0n) is 19.7. The number of hydrazone groups is 1. The molecule has 37 heavy (non-hydrogen) atoms. The second kappa shape index (κ2) is 12.0. The standard InChI is InChI=1S/C28H23IN6OS/c29-22-13-15-23(16-14-22)30-18-26-32-34-28(35(26)24-10-2-1-3-11-24)37-19-27(36)33-31-17-21-9-6-8-20-7-4-5-12-25(20)21/h1-17,30H,18-19H2,(H,33,36). The molecule has 7 nitrogen and oxygen atoms in total. The Labute approximate surface area is 232 Å². The van der Waals surface area contributed by atoms with Crippen molar-refractivity contribution in [3.63, 3.8) is 0 Å². The van der Waals surface area contributed by atoms with Crippen LogP contribution in [0.2, 0.25) is 0 Å². The summed E-state index contributed by atoms with van der Waals surface area (Å²) in [4.78, 5) is 12.5. The Bertz CT molecular complexity index is 1530. The summed E-state index contributed by atoms with van der Waals surface area (Å²) < 4.78 is 3.14. The first-order valence-corrected chi connectivity index (χ1v) is 13.7. The van der Waals surface area contributed by atoms with Gasteiger partial charge in [0.25, 0.3) is 5.91 Å². The lowest BCUT2D eigenvalue weighted by atomic mass is 10.1. The highest BCUT2D eigenvalue weighted by Gasteiger charge is 2.16. The predicted molar refractivity (Wildman–Crippen MR) is 158 cm³/mol. The molecular weight excluding hydrogens is 595 g/mol. The maximum absolute atomic E-state index is 12.5. The average Bonchev–Trinajstić information content (AvgIpc) is 3.35.